The Bertz CT molecular complexity index is 378. The molecule has 1 N–H and O–H groups in total. The quantitative estimate of drug-likeness (QED) is 0.783. The van der Waals surface area contributed by atoms with Gasteiger partial charge in [0.15, 0.2) is 0 Å². The zero-order valence-electron chi connectivity index (χ0n) is 12.2. The van der Waals surface area contributed by atoms with Crippen molar-refractivity contribution in [2.45, 2.75) is 52.1 Å². The molecule has 0 saturated carbocycles. The van der Waals surface area contributed by atoms with E-state index < -0.39 is 5.97 Å². The summed E-state index contributed by atoms with van der Waals surface area (Å²) in [6.45, 7) is 6.45. The van der Waals surface area contributed by atoms with Crippen molar-refractivity contribution in [2.24, 2.45) is 0 Å². The predicted molar refractivity (Wildman–Crippen MR) is 78.3 cm³/mol. The number of carboxylic acids is 1. The van der Waals surface area contributed by atoms with Gasteiger partial charge in [0, 0.05) is 12.1 Å². The molecule has 1 aromatic carbocycles. The van der Waals surface area contributed by atoms with Gasteiger partial charge in [-0.3, -0.25) is 9.69 Å². The van der Waals surface area contributed by atoms with E-state index in [0.717, 1.165) is 19.3 Å². The monoisotopic (exact) mass is 263 g/mol. The summed E-state index contributed by atoms with van der Waals surface area (Å²) in [5.74, 6) is -0.744. The molecule has 19 heavy (non-hydrogen) atoms. The van der Waals surface area contributed by atoms with Crippen molar-refractivity contribution in [2.75, 3.05) is 6.54 Å². The summed E-state index contributed by atoms with van der Waals surface area (Å²) in [5, 5.41) is 9.02. The van der Waals surface area contributed by atoms with Gasteiger partial charge in [-0.1, -0.05) is 37.3 Å². The molecule has 3 heteroatoms. The Morgan fingerprint density at radius 3 is 2.37 bits per heavy atom. The number of carbonyl (C=O) groups is 1. The molecule has 0 bridgehead atoms. The number of aliphatic carboxylic acids is 1. The summed E-state index contributed by atoms with van der Waals surface area (Å²) in [4.78, 5) is 13.1. The van der Waals surface area contributed by atoms with Gasteiger partial charge in [-0.05, 0) is 38.7 Å². The van der Waals surface area contributed by atoms with Crippen molar-refractivity contribution in [3.05, 3.63) is 35.9 Å². The molecule has 0 heterocycles. The average molecular weight is 263 g/mol. The van der Waals surface area contributed by atoms with E-state index in [9.17, 15) is 4.79 Å². The first-order valence-electron chi connectivity index (χ1n) is 7.06. The van der Waals surface area contributed by atoms with Gasteiger partial charge >= 0.3 is 5.97 Å². The topological polar surface area (TPSA) is 40.5 Å². The van der Waals surface area contributed by atoms with Crippen molar-refractivity contribution in [1.29, 1.82) is 0 Å². The van der Waals surface area contributed by atoms with Crippen LogP contribution in [0.1, 0.15) is 39.2 Å². The number of benzene rings is 1. The molecule has 1 rings (SSSR count). The third kappa shape index (κ3) is 5.43. The first-order valence-corrected chi connectivity index (χ1v) is 7.06. The molecule has 1 aromatic rings. The third-order valence-electron chi connectivity index (χ3n) is 3.73. The fourth-order valence-corrected chi connectivity index (χ4v) is 2.32. The number of nitrogens with zero attached hydrogens (tertiary/aromatic N) is 1. The van der Waals surface area contributed by atoms with E-state index in [4.69, 9.17) is 5.11 Å². The Morgan fingerprint density at radius 1 is 1.21 bits per heavy atom. The number of hydrogen-bond donors (Lipinski definition) is 1. The Morgan fingerprint density at radius 2 is 1.84 bits per heavy atom. The standard InChI is InChI=1S/C16H25NO2/c1-4-13(2)17(12-16(18)19)14(3)10-11-15-8-6-5-7-9-15/h5-9,13-14H,4,10-12H2,1-3H3,(H,18,19). The maximum absolute atomic E-state index is 11.0. The molecule has 3 nitrogen and oxygen atoms in total. The molecule has 0 amide bonds. The van der Waals surface area contributed by atoms with E-state index in [1.165, 1.54) is 5.56 Å². The van der Waals surface area contributed by atoms with Crippen LogP contribution in [0, 0.1) is 0 Å². The molecule has 0 fully saturated rings. The van der Waals surface area contributed by atoms with Crippen LogP contribution in [0.2, 0.25) is 0 Å². The van der Waals surface area contributed by atoms with Crippen LogP contribution >= 0.6 is 0 Å². The smallest absolute Gasteiger partial charge is 0.317 e. The normalized spacial score (nSPS) is 14.3. The largest absolute Gasteiger partial charge is 0.480 e. The van der Waals surface area contributed by atoms with Gasteiger partial charge in [-0.2, -0.15) is 0 Å². The van der Waals surface area contributed by atoms with Crippen molar-refractivity contribution >= 4 is 5.97 Å². The van der Waals surface area contributed by atoms with E-state index in [-0.39, 0.29) is 12.6 Å². The minimum absolute atomic E-state index is 0.130. The fourth-order valence-electron chi connectivity index (χ4n) is 2.32. The van der Waals surface area contributed by atoms with Crippen LogP contribution in [-0.4, -0.2) is 34.6 Å². The number of aryl methyl sites for hydroxylation is 1. The van der Waals surface area contributed by atoms with Crippen LogP contribution in [0.15, 0.2) is 30.3 Å². The van der Waals surface area contributed by atoms with Crippen LogP contribution in [0.25, 0.3) is 0 Å². The van der Waals surface area contributed by atoms with Crippen LogP contribution in [0.3, 0.4) is 0 Å². The van der Waals surface area contributed by atoms with Gasteiger partial charge in [0.2, 0.25) is 0 Å². The molecule has 0 spiro atoms. The van der Waals surface area contributed by atoms with E-state index in [2.05, 4.69) is 37.8 Å². The van der Waals surface area contributed by atoms with Gasteiger partial charge < -0.3 is 5.11 Å². The predicted octanol–water partition coefficient (Wildman–Crippen LogP) is 3.19. The van der Waals surface area contributed by atoms with Crippen LogP contribution < -0.4 is 0 Å². The lowest BCUT2D eigenvalue weighted by Gasteiger charge is -2.32. The fraction of sp³-hybridized carbons (Fsp3) is 0.562. The van der Waals surface area contributed by atoms with Gasteiger partial charge in [-0.25, -0.2) is 0 Å². The third-order valence-corrected chi connectivity index (χ3v) is 3.73. The maximum atomic E-state index is 11.0. The lowest BCUT2D eigenvalue weighted by atomic mass is 10.0. The SMILES string of the molecule is CCC(C)N(CC(=O)O)C(C)CCc1ccccc1. The molecule has 2 unspecified atom stereocenters. The number of carboxylic acid groups (broad SMARTS) is 1. The van der Waals surface area contributed by atoms with Crippen LogP contribution in [0.4, 0.5) is 0 Å². The Hall–Kier alpha value is -1.35. The van der Waals surface area contributed by atoms with Crippen molar-refractivity contribution in [1.82, 2.24) is 4.90 Å². The molecule has 0 aliphatic heterocycles. The van der Waals surface area contributed by atoms with Crippen LogP contribution in [-0.2, 0) is 11.2 Å². The molecule has 0 aliphatic carbocycles. The molecule has 0 saturated heterocycles. The Kier molecular flexibility index (Phi) is 6.57. The summed E-state index contributed by atoms with van der Waals surface area (Å²) in [6.07, 6.45) is 2.96. The summed E-state index contributed by atoms with van der Waals surface area (Å²) < 4.78 is 0. The van der Waals surface area contributed by atoms with Crippen molar-refractivity contribution in [3.63, 3.8) is 0 Å². The van der Waals surface area contributed by atoms with Crippen molar-refractivity contribution in [3.8, 4) is 0 Å². The highest BCUT2D eigenvalue weighted by Crippen LogP contribution is 2.14. The van der Waals surface area contributed by atoms with Crippen LogP contribution in [0.5, 0.6) is 0 Å². The second kappa shape index (κ2) is 7.95. The zero-order valence-corrected chi connectivity index (χ0v) is 12.2. The first-order chi connectivity index (χ1) is 9.04. The summed E-state index contributed by atoms with van der Waals surface area (Å²) in [5.41, 5.74) is 1.31. The van der Waals surface area contributed by atoms with E-state index in [1.807, 2.05) is 18.2 Å². The molecule has 106 valence electrons. The lowest BCUT2D eigenvalue weighted by Crippen LogP contribution is -2.43. The second-order valence-corrected chi connectivity index (χ2v) is 5.20. The maximum Gasteiger partial charge on any atom is 0.317 e. The molecule has 0 aromatic heterocycles. The minimum atomic E-state index is -0.744. The summed E-state index contributed by atoms with van der Waals surface area (Å²) in [6, 6.07) is 10.9. The number of hydrogen-bond acceptors (Lipinski definition) is 2. The average Bonchev–Trinajstić information content (AvgIpc) is 2.42. The molecule has 0 aliphatic rings. The lowest BCUT2D eigenvalue weighted by molar-refractivity contribution is -0.139. The van der Waals surface area contributed by atoms with E-state index >= 15 is 0 Å². The molecular formula is C16H25NO2. The van der Waals surface area contributed by atoms with Gasteiger partial charge in [-0.15, -0.1) is 0 Å². The summed E-state index contributed by atoms with van der Waals surface area (Å²) in [7, 11) is 0. The molecule has 0 radical (unpaired) electrons. The van der Waals surface area contributed by atoms with E-state index in [1.54, 1.807) is 0 Å². The van der Waals surface area contributed by atoms with Gasteiger partial charge in [0.1, 0.15) is 0 Å². The minimum Gasteiger partial charge on any atom is -0.480 e. The summed E-state index contributed by atoms with van der Waals surface area (Å²) >= 11 is 0. The highest BCUT2D eigenvalue weighted by Gasteiger charge is 2.21. The number of rotatable bonds is 8. The molecule has 2 atom stereocenters. The van der Waals surface area contributed by atoms with E-state index in [0.29, 0.717) is 6.04 Å². The Labute approximate surface area is 116 Å². The zero-order chi connectivity index (χ0) is 14.3. The van der Waals surface area contributed by atoms with Gasteiger partial charge in [0.25, 0.3) is 0 Å². The Balaban J connectivity index is 2.56. The molecular weight excluding hydrogens is 238 g/mol. The van der Waals surface area contributed by atoms with Gasteiger partial charge in [0.05, 0.1) is 6.54 Å². The highest BCUT2D eigenvalue weighted by molar-refractivity contribution is 5.69. The van der Waals surface area contributed by atoms with Crippen molar-refractivity contribution < 1.29 is 9.90 Å². The highest BCUT2D eigenvalue weighted by atomic mass is 16.4. The first kappa shape index (κ1) is 15.7. The second-order valence-electron chi connectivity index (χ2n) is 5.20.